The van der Waals surface area contributed by atoms with Gasteiger partial charge in [0.2, 0.25) is 5.96 Å². The molecular formula is C32H45N5O6. The van der Waals surface area contributed by atoms with Gasteiger partial charge in [-0.05, 0) is 89.3 Å². The zero-order chi connectivity index (χ0) is 32.1. The Hall–Kier alpha value is -4.28. The SMILES string of the molecule is COc1ccc(Cc2cc(CN(C(=O)OC(C)(C)C)C(=NC(=O)OC(C)(C)C)N3CN(C)C(=O)N(C)C3)ccc2C)cc1. The second-order valence-corrected chi connectivity index (χ2v) is 12.7. The molecule has 0 atom stereocenters. The van der Waals surface area contributed by atoms with Crippen LogP contribution < -0.4 is 4.74 Å². The molecule has 11 nitrogen and oxygen atoms in total. The first kappa shape index (κ1) is 33.2. The van der Waals surface area contributed by atoms with Gasteiger partial charge >= 0.3 is 18.2 Å². The van der Waals surface area contributed by atoms with Gasteiger partial charge in [-0.15, -0.1) is 4.99 Å². The zero-order valence-corrected chi connectivity index (χ0v) is 27.1. The quantitative estimate of drug-likeness (QED) is 0.316. The number of carbonyl (C=O) groups is 3. The molecule has 2 aromatic carbocycles. The second-order valence-electron chi connectivity index (χ2n) is 12.7. The fourth-order valence-electron chi connectivity index (χ4n) is 4.46. The van der Waals surface area contributed by atoms with Gasteiger partial charge in [0.05, 0.1) is 27.0 Å². The number of carbonyl (C=O) groups excluding carboxylic acids is 3. The van der Waals surface area contributed by atoms with Gasteiger partial charge in [-0.2, -0.15) is 0 Å². The summed E-state index contributed by atoms with van der Waals surface area (Å²) in [5.41, 5.74) is 2.49. The molecule has 11 heteroatoms. The van der Waals surface area contributed by atoms with Crippen LogP contribution in [0.3, 0.4) is 0 Å². The number of aryl methyl sites for hydroxylation is 1. The summed E-state index contributed by atoms with van der Waals surface area (Å²) >= 11 is 0. The Bertz CT molecular complexity index is 1330. The molecule has 0 aliphatic carbocycles. The summed E-state index contributed by atoms with van der Waals surface area (Å²) in [6.07, 6.45) is -0.865. The molecule has 4 amide bonds. The first-order valence-electron chi connectivity index (χ1n) is 14.2. The van der Waals surface area contributed by atoms with E-state index in [1.165, 1.54) is 14.7 Å². The van der Waals surface area contributed by atoms with Crippen molar-refractivity contribution in [2.75, 3.05) is 34.5 Å². The fraction of sp³-hybridized carbons (Fsp3) is 0.500. The van der Waals surface area contributed by atoms with E-state index in [2.05, 4.69) is 4.99 Å². The van der Waals surface area contributed by atoms with E-state index in [-0.39, 0.29) is 31.9 Å². The minimum atomic E-state index is -0.859. The summed E-state index contributed by atoms with van der Waals surface area (Å²) in [5, 5.41) is 0. The molecule has 43 heavy (non-hydrogen) atoms. The molecule has 1 aliphatic rings. The van der Waals surface area contributed by atoms with Crippen molar-refractivity contribution in [3.63, 3.8) is 0 Å². The van der Waals surface area contributed by atoms with E-state index in [0.29, 0.717) is 6.42 Å². The van der Waals surface area contributed by atoms with E-state index >= 15 is 0 Å². The van der Waals surface area contributed by atoms with Crippen LogP contribution in [0, 0.1) is 6.92 Å². The lowest BCUT2D eigenvalue weighted by atomic mass is 9.98. The lowest BCUT2D eigenvalue weighted by Crippen LogP contribution is -2.60. The highest BCUT2D eigenvalue weighted by Crippen LogP contribution is 2.22. The third-order valence-corrected chi connectivity index (χ3v) is 6.45. The first-order valence-corrected chi connectivity index (χ1v) is 14.2. The molecular weight excluding hydrogens is 550 g/mol. The van der Waals surface area contributed by atoms with Crippen LogP contribution >= 0.6 is 0 Å². The average molecular weight is 596 g/mol. The molecule has 0 bridgehead atoms. The topological polar surface area (TPSA) is 104 Å². The summed E-state index contributed by atoms with van der Waals surface area (Å²) < 4.78 is 16.6. The smallest absolute Gasteiger partial charge is 0.437 e. The molecule has 2 aromatic rings. The van der Waals surface area contributed by atoms with Crippen molar-refractivity contribution in [2.45, 2.75) is 72.6 Å². The van der Waals surface area contributed by atoms with Gasteiger partial charge in [0.15, 0.2) is 0 Å². The van der Waals surface area contributed by atoms with Gasteiger partial charge in [0, 0.05) is 14.1 Å². The van der Waals surface area contributed by atoms with E-state index in [1.54, 1.807) is 67.6 Å². The van der Waals surface area contributed by atoms with Gasteiger partial charge in [0.25, 0.3) is 0 Å². The van der Waals surface area contributed by atoms with Crippen molar-refractivity contribution >= 4 is 24.2 Å². The van der Waals surface area contributed by atoms with Crippen molar-refractivity contribution in [2.24, 2.45) is 4.99 Å². The Morgan fingerprint density at radius 3 is 1.98 bits per heavy atom. The number of rotatable bonds is 5. The zero-order valence-electron chi connectivity index (χ0n) is 27.1. The maximum atomic E-state index is 13.8. The molecule has 3 rings (SSSR count). The highest BCUT2D eigenvalue weighted by molar-refractivity contribution is 5.99. The van der Waals surface area contributed by atoms with E-state index < -0.39 is 23.4 Å². The van der Waals surface area contributed by atoms with Crippen LogP contribution in [0.4, 0.5) is 14.4 Å². The summed E-state index contributed by atoms with van der Waals surface area (Å²) in [5.74, 6) is 0.807. The number of ether oxygens (including phenoxy) is 3. The Morgan fingerprint density at radius 1 is 0.884 bits per heavy atom. The Labute approximate surface area is 255 Å². The lowest BCUT2D eigenvalue weighted by Gasteiger charge is -2.42. The van der Waals surface area contributed by atoms with Crippen molar-refractivity contribution in [1.82, 2.24) is 19.6 Å². The Kier molecular flexibility index (Phi) is 10.3. The average Bonchev–Trinajstić information content (AvgIpc) is 2.89. The van der Waals surface area contributed by atoms with Gasteiger partial charge in [-0.1, -0.05) is 30.3 Å². The number of hydrogen-bond donors (Lipinski definition) is 0. The van der Waals surface area contributed by atoms with Gasteiger partial charge in [-0.25, -0.2) is 19.3 Å². The minimum absolute atomic E-state index is 0.0204. The number of methoxy groups -OCH3 is 1. The third-order valence-electron chi connectivity index (χ3n) is 6.45. The van der Waals surface area contributed by atoms with Crippen LogP contribution in [0.2, 0.25) is 0 Å². The number of nitrogens with zero attached hydrogens (tertiary/aromatic N) is 5. The molecule has 234 valence electrons. The highest BCUT2D eigenvalue weighted by Gasteiger charge is 2.35. The van der Waals surface area contributed by atoms with Crippen LogP contribution in [0.1, 0.15) is 63.8 Å². The van der Waals surface area contributed by atoms with Gasteiger partial charge in [0.1, 0.15) is 17.0 Å². The van der Waals surface area contributed by atoms with Gasteiger partial charge in [-0.3, -0.25) is 0 Å². The van der Waals surface area contributed by atoms with Crippen molar-refractivity contribution in [3.8, 4) is 5.75 Å². The largest absolute Gasteiger partial charge is 0.497 e. The number of benzene rings is 2. The Morgan fingerprint density at radius 2 is 1.44 bits per heavy atom. The molecule has 0 spiro atoms. The fourth-order valence-corrected chi connectivity index (χ4v) is 4.46. The number of aliphatic imine (C=N–C) groups is 1. The van der Waals surface area contributed by atoms with E-state index in [9.17, 15) is 14.4 Å². The molecule has 1 fully saturated rings. The van der Waals surface area contributed by atoms with Gasteiger partial charge < -0.3 is 28.9 Å². The molecule has 0 unspecified atom stereocenters. The molecule has 0 saturated carbocycles. The van der Waals surface area contributed by atoms with Crippen LogP contribution in [-0.4, -0.2) is 89.5 Å². The van der Waals surface area contributed by atoms with E-state index in [4.69, 9.17) is 14.2 Å². The van der Waals surface area contributed by atoms with Crippen LogP contribution in [0.15, 0.2) is 47.5 Å². The standard InChI is InChI=1S/C32H45N5O6/c1-22-11-12-24(18-25(22)17-23-13-15-26(41-10)16-14-23)19-37(30(40)43-32(5,6)7)27(33-28(38)42-31(2,3)4)36-20-34(8)29(39)35(9)21-36/h11-16,18H,17,19-21H2,1-10H3. The normalized spacial score (nSPS) is 14.5. The first-order chi connectivity index (χ1) is 20.0. The minimum Gasteiger partial charge on any atom is -0.497 e. The number of amides is 4. The highest BCUT2D eigenvalue weighted by atomic mass is 16.6. The van der Waals surface area contributed by atoms with E-state index in [0.717, 1.165) is 28.0 Å². The van der Waals surface area contributed by atoms with Crippen molar-refractivity contribution in [3.05, 3.63) is 64.7 Å². The Balaban J connectivity index is 2.06. The predicted molar refractivity (Wildman–Crippen MR) is 165 cm³/mol. The summed E-state index contributed by atoms with van der Waals surface area (Å²) in [7, 11) is 4.91. The maximum Gasteiger partial charge on any atom is 0.437 e. The molecule has 0 N–H and O–H groups in total. The molecule has 1 saturated heterocycles. The van der Waals surface area contributed by atoms with Crippen LogP contribution in [0.5, 0.6) is 5.75 Å². The van der Waals surface area contributed by atoms with Crippen molar-refractivity contribution < 1.29 is 28.6 Å². The number of guanidine groups is 1. The van der Waals surface area contributed by atoms with E-state index in [1.807, 2.05) is 49.4 Å². The monoisotopic (exact) mass is 595 g/mol. The lowest BCUT2D eigenvalue weighted by molar-refractivity contribution is 0.0300. The predicted octanol–water partition coefficient (Wildman–Crippen LogP) is 5.84. The summed E-state index contributed by atoms with van der Waals surface area (Å²) in [6.45, 7) is 12.8. The maximum absolute atomic E-state index is 13.8. The third kappa shape index (κ3) is 9.62. The summed E-state index contributed by atoms with van der Waals surface area (Å²) in [6, 6.07) is 13.7. The molecule has 0 radical (unpaired) electrons. The molecule has 1 heterocycles. The number of hydrogen-bond acceptors (Lipinski definition) is 6. The van der Waals surface area contributed by atoms with Crippen molar-refractivity contribution in [1.29, 1.82) is 0 Å². The molecule has 1 aliphatic heterocycles. The van der Waals surface area contributed by atoms with Crippen LogP contribution in [-0.2, 0) is 22.4 Å². The number of urea groups is 1. The molecule has 0 aromatic heterocycles. The summed E-state index contributed by atoms with van der Waals surface area (Å²) in [4.78, 5) is 49.6. The van der Waals surface area contributed by atoms with Crippen LogP contribution in [0.25, 0.3) is 0 Å². The second kappa shape index (κ2) is 13.4.